The molecule has 1 aliphatic rings. The van der Waals surface area contributed by atoms with Crippen LogP contribution in [0.25, 0.3) is 0 Å². The summed E-state index contributed by atoms with van der Waals surface area (Å²) < 4.78 is 5.44. The molecule has 0 spiro atoms. The Hall–Kier alpha value is -0.510. The van der Waals surface area contributed by atoms with Crippen LogP contribution < -0.4 is 5.32 Å². The standard InChI is InChI=1S/C14H21NOS/c1-11(2)15-8-14(9-16-10-14)12-4-6-13(17-3)7-5-12/h4-7,11,15H,8-10H2,1-3H3. The number of hydrogen-bond donors (Lipinski definition) is 1. The molecule has 1 aromatic carbocycles. The zero-order valence-electron chi connectivity index (χ0n) is 10.8. The number of ether oxygens (including phenoxy) is 1. The minimum atomic E-state index is 0.196. The maximum atomic E-state index is 5.44. The van der Waals surface area contributed by atoms with Gasteiger partial charge in [0.2, 0.25) is 0 Å². The molecular formula is C14H21NOS. The Bertz CT molecular complexity index is 357. The minimum Gasteiger partial charge on any atom is -0.379 e. The van der Waals surface area contributed by atoms with Crippen LogP contribution in [0.3, 0.4) is 0 Å². The van der Waals surface area contributed by atoms with Crippen LogP contribution in [0.4, 0.5) is 0 Å². The molecule has 0 aromatic heterocycles. The molecule has 1 fully saturated rings. The lowest BCUT2D eigenvalue weighted by molar-refractivity contribution is -0.0597. The molecule has 17 heavy (non-hydrogen) atoms. The molecule has 2 nitrogen and oxygen atoms in total. The molecule has 1 saturated heterocycles. The molecule has 0 atom stereocenters. The molecule has 94 valence electrons. The molecule has 0 bridgehead atoms. The van der Waals surface area contributed by atoms with Crippen molar-refractivity contribution >= 4 is 11.8 Å². The second-order valence-corrected chi connectivity index (χ2v) is 5.92. The summed E-state index contributed by atoms with van der Waals surface area (Å²) in [7, 11) is 0. The van der Waals surface area contributed by atoms with Crippen LogP contribution >= 0.6 is 11.8 Å². The van der Waals surface area contributed by atoms with Gasteiger partial charge < -0.3 is 10.1 Å². The fourth-order valence-corrected chi connectivity index (χ4v) is 2.47. The smallest absolute Gasteiger partial charge is 0.0598 e. The molecular weight excluding hydrogens is 230 g/mol. The van der Waals surface area contributed by atoms with Crippen LogP contribution in [0.5, 0.6) is 0 Å². The quantitative estimate of drug-likeness (QED) is 0.813. The van der Waals surface area contributed by atoms with E-state index in [4.69, 9.17) is 4.74 Å². The summed E-state index contributed by atoms with van der Waals surface area (Å²) in [6, 6.07) is 9.43. The van der Waals surface area contributed by atoms with Gasteiger partial charge in [-0.1, -0.05) is 26.0 Å². The van der Waals surface area contributed by atoms with E-state index in [1.165, 1.54) is 10.5 Å². The van der Waals surface area contributed by atoms with Gasteiger partial charge in [0.25, 0.3) is 0 Å². The van der Waals surface area contributed by atoms with Crippen molar-refractivity contribution in [3.05, 3.63) is 29.8 Å². The van der Waals surface area contributed by atoms with Gasteiger partial charge in [-0.05, 0) is 24.0 Å². The predicted molar refractivity (Wildman–Crippen MR) is 73.9 cm³/mol. The molecule has 2 rings (SSSR count). The van der Waals surface area contributed by atoms with Gasteiger partial charge in [0, 0.05) is 17.5 Å². The van der Waals surface area contributed by atoms with E-state index in [1.807, 2.05) is 0 Å². The Morgan fingerprint density at radius 3 is 2.35 bits per heavy atom. The van der Waals surface area contributed by atoms with Crippen LogP contribution in [0.1, 0.15) is 19.4 Å². The Kier molecular flexibility index (Phi) is 4.13. The van der Waals surface area contributed by atoms with Crippen molar-refractivity contribution in [2.75, 3.05) is 26.0 Å². The van der Waals surface area contributed by atoms with E-state index in [0.29, 0.717) is 6.04 Å². The Morgan fingerprint density at radius 1 is 1.29 bits per heavy atom. The fraction of sp³-hybridized carbons (Fsp3) is 0.571. The van der Waals surface area contributed by atoms with Crippen LogP contribution in [-0.2, 0) is 10.2 Å². The lowest BCUT2D eigenvalue weighted by Gasteiger charge is -2.42. The Morgan fingerprint density at radius 2 is 1.94 bits per heavy atom. The van der Waals surface area contributed by atoms with Gasteiger partial charge in [-0.15, -0.1) is 11.8 Å². The number of benzene rings is 1. The highest BCUT2D eigenvalue weighted by Gasteiger charge is 2.40. The molecule has 0 unspecified atom stereocenters. The second kappa shape index (κ2) is 5.42. The summed E-state index contributed by atoms with van der Waals surface area (Å²) >= 11 is 1.79. The SMILES string of the molecule is CSc1ccc(C2(CNC(C)C)COC2)cc1. The van der Waals surface area contributed by atoms with Crippen molar-refractivity contribution in [1.29, 1.82) is 0 Å². The Labute approximate surface area is 108 Å². The van der Waals surface area contributed by atoms with Crippen molar-refractivity contribution in [2.45, 2.75) is 30.2 Å². The number of hydrogen-bond acceptors (Lipinski definition) is 3. The van der Waals surface area contributed by atoms with Crippen molar-refractivity contribution < 1.29 is 4.74 Å². The van der Waals surface area contributed by atoms with Crippen molar-refractivity contribution in [1.82, 2.24) is 5.32 Å². The van der Waals surface area contributed by atoms with Gasteiger partial charge in [0.15, 0.2) is 0 Å². The van der Waals surface area contributed by atoms with Crippen molar-refractivity contribution in [3.8, 4) is 0 Å². The zero-order valence-corrected chi connectivity index (χ0v) is 11.6. The third kappa shape index (κ3) is 2.84. The number of nitrogens with one attached hydrogen (secondary N) is 1. The highest BCUT2D eigenvalue weighted by atomic mass is 32.2. The van der Waals surface area contributed by atoms with Crippen LogP contribution in [0.15, 0.2) is 29.2 Å². The lowest BCUT2D eigenvalue weighted by atomic mass is 9.78. The Balaban J connectivity index is 2.10. The van der Waals surface area contributed by atoms with Gasteiger partial charge in [-0.25, -0.2) is 0 Å². The van der Waals surface area contributed by atoms with Crippen LogP contribution in [0.2, 0.25) is 0 Å². The van der Waals surface area contributed by atoms with Gasteiger partial charge in [0.05, 0.1) is 18.6 Å². The summed E-state index contributed by atoms with van der Waals surface area (Å²) in [6.07, 6.45) is 2.11. The van der Waals surface area contributed by atoms with Crippen molar-refractivity contribution in [3.63, 3.8) is 0 Å². The molecule has 1 N–H and O–H groups in total. The van der Waals surface area contributed by atoms with E-state index in [1.54, 1.807) is 11.8 Å². The first-order valence-corrected chi connectivity index (χ1v) is 7.34. The zero-order chi connectivity index (χ0) is 12.3. The average Bonchev–Trinajstić information content (AvgIpc) is 2.28. The monoisotopic (exact) mass is 251 g/mol. The summed E-state index contributed by atoms with van der Waals surface area (Å²) in [5.41, 5.74) is 1.59. The highest BCUT2D eigenvalue weighted by molar-refractivity contribution is 7.98. The van der Waals surface area contributed by atoms with Gasteiger partial charge >= 0.3 is 0 Å². The second-order valence-electron chi connectivity index (χ2n) is 5.04. The summed E-state index contributed by atoms with van der Waals surface area (Å²) in [4.78, 5) is 1.32. The number of rotatable bonds is 5. The van der Waals surface area contributed by atoms with Crippen LogP contribution in [0, 0.1) is 0 Å². The fourth-order valence-electron chi connectivity index (χ4n) is 2.06. The largest absolute Gasteiger partial charge is 0.379 e. The predicted octanol–water partition coefficient (Wildman–Crippen LogP) is 2.67. The first kappa shape index (κ1) is 12.9. The maximum absolute atomic E-state index is 5.44. The van der Waals surface area contributed by atoms with Gasteiger partial charge in [0.1, 0.15) is 0 Å². The minimum absolute atomic E-state index is 0.196. The molecule has 0 amide bonds. The van der Waals surface area contributed by atoms with E-state index in [9.17, 15) is 0 Å². The number of thioether (sulfide) groups is 1. The summed E-state index contributed by atoms with van der Waals surface area (Å²) in [5, 5.41) is 3.53. The van der Waals surface area contributed by atoms with Crippen molar-refractivity contribution in [2.24, 2.45) is 0 Å². The van der Waals surface area contributed by atoms with Crippen LogP contribution in [-0.4, -0.2) is 32.1 Å². The third-order valence-electron chi connectivity index (χ3n) is 3.31. The first-order valence-electron chi connectivity index (χ1n) is 6.12. The third-order valence-corrected chi connectivity index (χ3v) is 4.05. The molecule has 3 heteroatoms. The lowest BCUT2D eigenvalue weighted by Crippen LogP contribution is -2.54. The molecule has 0 saturated carbocycles. The van der Waals surface area contributed by atoms with E-state index in [2.05, 4.69) is 49.7 Å². The summed E-state index contributed by atoms with van der Waals surface area (Å²) in [5.74, 6) is 0. The van der Waals surface area contributed by atoms with E-state index in [0.717, 1.165) is 19.8 Å². The summed E-state index contributed by atoms with van der Waals surface area (Å²) in [6.45, 7) is 7.05. The average molecular weight is 251 g/mol. The maximum Gasteiger partial charge on any atom is 0.0598 e. The first-order chi connectivity index (χ1) is 8.16. The molecule has 0 radical (unpaired) electrons. The van der Waals surface area contributed by atoms with Gasteiger partial charge in [-0.3, -0.25) is 0 Å². The molecule has 1 heterocycles. The van der Waals surface area contributed by atoms with Gasteiger partial charge in [-0.2, -0.15) is 0 Å². The molecule has 0 aliphatic carbocycles. The highest BCUT2D eigenvalue weighted by Crippen LogP contribution is 2.32. The normalized spacial score (nSPS) is 18.1. The molecule has 1 aromatic rings. The van der Waals surface area contributed by atoms with E-state index in [-0.39, 0.29) is 5.41 Å². The molecule has 1 aliphatic heterocycles. The topological polar surface area (TPSA) is 21.3 Å². The van der Waals surface area contributed by atoms with E-state index >= 15 is 0 Å². The van der Waals surface area contributed by atoms with E-state index < -0.39 is 0 Å².